The molecule has 1 aromatic heterocycles. The number of carbonyl (C=O) groups excluding carboxylic acids is 1. The second-order valence-corrected chi connectivity index (χ2v) is 8.07. The van der Waals surface area contributed by atoms with Crippen LogP contribution in [0.3, 0.4) is 0 Å². The van der Waals surface area contributed by atoms with Gasteiger partial charge in [0.15, 0.2) is 0 Å². The highest BCUT2D eigenvalue weighted by molar-refractivity contribution is 5.83. The molecule has 7 nitrogen and oxygen atoms in total. The van der Waals surface area contributed by atoms with Gasteiger partial charge in [-0.25, -0.2) is 4.98 Å². The SMILES string of the molecule is Cc1nc(N2CC3CCCC(C2)N3C(=O)[C@H]2CCCCN2C)cc(=O)[nH]1. The molecule has 0 aliphatic carbocycles. The van der Waals surface area contributed by atoms with Crippen molar-refractivity contribution >= 4 is 11.7 Å². The maximum absolute atomic E-state index is 13.3. The van der Waals surface area contributed by atoms with Crippen LogP contribution in [0.15, 0.2) is 10.9 Å². The van der Waals surface area contributed by atoms with E-state index in [0.717, 1.165) is 51.1 Å². The van der Waals surface area contributed by atoms with E-state index in [9.17, 15) is 9.59 Å². The van der Waals surface area contributed by atoms with Gasteiger partial charge in [-0.05, 0) is 52.6 Å². The van der Waals surface area contributed by atoms with Gasteiger partial charge >= 0.3 is 0 Å². The van der Waals surface area contributed by atoms with Crippen LogP contribution in [0.2, 0.25) is 0 Å². The van der Waals surface area contributed by atoms with Gasteiger partial charge < -0.3 is 14.8 Å². The standard InChI is InChI=1S/C19H29N5O2/c1-13-20-17(10-18(25)21-13)23-11-14-6-5-7-15(12-23)24(14)19(26)16-8-3-4-9-22(16)2/h10,14-16H,3-9,11-12H2,1-2H3,(H,20,21,25)/t14?,15?,16-/m1/s1. The maximum atomic E-state index is 13.3. The molecule has 1 aromatic rings. The molecule has 7 heteroatoms. The largest absolute Gasteiger partial charge is 0.352 e. The summed E-state index contributed by atoms with van der Waals surface area (Å²) in [6.45, 7) is 4.37. The number of rotatable bonds is 2. The van der Waals surface area contributed by atoms with Gasteiger partial charge in [0.2, 0.25) is 5.91 Å². The number of H-pyrrole nitrogens is 1. The Balaban J connectivity index is 1.55. The number of nitrogens with one attached hydrogen (secondary N) is 1. The molecule has 2 bridgehead atoms. The molecule has 2 unspecified atom stereocenters. The van der Waals surface area contributed by atoms with E-state index in [1.54, 1.807) is 6.07 Å². The number of likely N-dealkylation sites (tertiary alicyclic amines) is 1. The quantitative estimate of drug-likeness (QED) is 0.857. The van der Waals surface area contributed by atoms with Crippen molar-refractivity contribution in [2.45, 2.75) is 63.6 Å². The monoisotopic (exact) mass is 359 g/mol. The molecule has 0 spiro atoms. The number of hydrogen-bond donors (Lipinski definition) is 1. The highest BCUT2D eigenvalue weighted by Crippen LogP contribution is 2.32. The molecule has 3 aliphatic rings. The number of anilines is 1. The van der Waals surface area contributed by atoms with E-state index in [1.165, 1.54) is 12.8 Å². The first-order chi connectivity index (χ1) is 12.5. The van der Waals surface area contributed by atoms with Gasteiger partial charge in [0.25, 0.3) is 5.56 Å². The average molecular weight is 359 g/mol. The number of hydrogen-bond acceptors (Lipinski definition) is 5. The summed E-state index contributed by atoms with van der Waals surface area (Å²) in [4.78, 5) is 39.0. The third-order valence-electron chi connectivity index (χ3n) is 6.20. The summed E-state index contributed by atoms with van der Waals surface area (Å²) in [5.74, 6) is 1.70. The lowest BCUT2D eigenvalue weighted by Crippen LogP contribution is -2.66. The Morgan fingerprint density at radius 2 is 1.88 bits per heavy atom. The predicted octanol–water partition coefficient (Wildman–Crippen LogP) is 1.13. The lowest BCUT2D eigenvalue weighted by Gasteiger charge is -2.52. The van der Waals surface area contributed by atoms with Gasteiger partial charge in [-0.1, -0.05) is 6.42 Å². The Kier molecular flexibility index (Phi) is 4.73. The summed E-state index contributed by atoms with van der Waals surface area (Å²) in [6, 6.07) is 2.08. The molecule has 1 N–H and O–H groups in total. The van der Waals surface area contributed by atoms with Crippen LogP contribution < -0.4 is 10.5 Å². The first-order valence-corrected chi connectivity index (χ1v) is 9.88. The maximum Gasteiger partial charge on any atom is 0.252 e. The molecule has 3 saturated heterocycles. The first kappa shape index (κ1) is 17.5. The molecule has 26 heavy (non-hydrogen) atoms. The van der Waals surface area contributed by atoms with Crippen LogP contribution in [0.4, 0.5) is 5.82 Å². The topological polar surface area (TPSA) is 72.5 Å². The summed E-state index contributed by atoms with van der Waals surface area (Å²) in [5, 5.41) is 0. The van der Waals surface area contributed by atoms with Gasteiger partial charge in [-0.3, -0.25) is 14.5 Å². The Bertz CT molecular complexity index is 719. The summed E-state index contributed by atoms with van der Waals surface area (Å²) in [7, 11) is 2.08. The van der Waals surface area contributed by atoms with Crippen molar-refractivity contribution in [3.05, 3.63) is 22.2 Å². The van der Waals surface area contributed by atoms with Crippen molar-refractivity contribution in [3.63, 3.8) is 0 Å². The van der Waals surface area contributed by atoms with Gasteiger partial charge in [0.05, 0.1) is 6.04 Å². The Hall–Kier alpha value is -1.89. The number of fused-ring (bicyclic) bond motifs is 2. The number of nitrogens with zero attached hydrogens (tertiary/aromatic N) is 4. The highest BCUT2D eigenvalue weighted by atomic mass is 16.2. The number of likely N-dealkylation sites (N-methyl/N-ethyl adjacent to an activating group) is 1. The van der Waals surface area contributed by atoms with Gasteiger partial charge in [0.1, 0.15) is 11.6 Å². The summed E-state index contributed by atoms with van der Waals surface area (Å²) < 4.78 is 0. The predicted molar refractivity (Wildman–Crippen MR) is 100 cm³/mol. The summed E-state index contributed by atoms with van der Waals surface area (Å²) >= 11 is 0. The second kappa shape index (κ2) is 7.02. The van der Waals surface area contributed by atoms with Crippen LogP contribution in [0, 0.1) is 6.92 Å². The molecule has 4 heterocycles. The smallest absolute Gasteiger partial charge is 0.252 e. The van der Waals surface area contributed by atoms with Crippen LogP contribution in [0.25, 0.3) is 0 Å². The minimum atomic E-state index is -0.111. The molecule has 0 radical (unpaired) electrons. The minimum Gasteiger partial charge on any atom is -0.352 e. The zero-order valence-corrected chi connectivity index (χ0v) is 15.8. The third-order valence-corrected chi connectivity index (χ3v) is 6.20. The lowest BCUT2D eigenvalue weighted by molar-refractivity contribution is -0.145. The van der Waals surface area contributed by atoms with Crippen LogP contribution in [0.5, 0.6) is 0 Å². The van der Waals surface area contributed by atoms with E-state index < -0.39 is 0 Å². The number of aromatic nitrogens is 2. The van der Waals surface area contributed by atoms with Crippen molar-refractivity contribution in [1.29, 1.82) is 0 Å². The van der Waals surface area contributed by atoms with Crippen molar-refractivity contribution in [1.82, 2.24) is 19.8 Å². The molecule has 0 aromatic carbocycles. The molecular formula is C19H29N5O2. The van der Waals surface area contributed by atoms with Crippen molar-refractivity contribution in [3.8, 4) is 0 Å². The average Bonchev–Trinajstić information content (AvgIpc) is 2.59. The first-order valence-electron chi connectivity index (χ1n) is 9.88. The molecule has 142 valence electrons. The van der Waals surface area contributed by atoms with Crippen LogP contribution >= 0.6 is 0 Å². The Labute approximate surface area is 154 Å². The van der Waals surface area contributed by atoms with Crippen molar-refractivity contribution < 1.29 is 4.79 Å². The van der Waals surface area contributed by atoms with Crippen LogP contribution in [-0.2, 0) is 4.79 Å². The number of amides is 1. The third kappa shape index (κ3) is 3.24. The number of piperidine rings is 2. The zero-order valence-electron chi connectivity index (χ0n) is 15.8. The molecular weight excluding hydrogens is 330 g/mol. The van der Waals surface area contributed by atoms with E-state index >= 15 is 0 Å². The summed E-state index contributed by atoms with van der Waals surface area (Å²) in [5.41, 5.74) is -0.111. The lowest BCUT2D eigenvalue weighted by atomic mass is 9.89. The summed E-state index contributed by atoms with van der Waals surface area (Å²) in [6.07, 6.45) is 6.56. The van der Waals surface area contributed by atoms with Crippen molar-refractivity contribution in [2.75, 3.05) is 31.6 Å². The molecule has 1 amide bonds. The van der Waals surface area contributed by atoms with Gasteiger partial charge in [0, 0.05) is 31.2 Å². The van der Waals surface area contributed by atoms with E-state index in [4.69, 9.17) is 0 Å². The molecule has 3 atom stereocenters. The van der Waals surface area contributed by atoms with Gasteiger partial charge in [-0.2, -0.15) is 0 Å². The highest BCUT2D eigenvalue weighted by Gasteiger charge is 2.43. The van der Waals surface area contributed by atoms with Crippen molar-refractivity contribution in [2.24, 2.45) is 0 Å². The fourth-order valence-corrected chi connectivity index (χ4v) is 4.94. The number of carbonyl (C=O) groups is 1. The number of aromatic amines is 1. The Morgan fingerprint density at radius 1 is 1.15 bits per heavy atom. The van der Waals surface area contributed by atoms with E-state index in [1.807, 2.05) is 6.92 Å². The second-order valence-electron chi connectivity index (χ2n) is 8.07. The van der Waals surface area contributed by atoms with Crippen LogP contribution in [0.1, 0.15) is 44.3 Å². The fraction of sp³-hybridized carbons (Fsp3) is 0.737. The number of aryl methyl sites for hydroxylation is 1. The molecule has 3 fully saturated rings. The molecule has 0 saturated carbocycles. The Morgan fingerprint density at radius 3 is 2.54 bits per heavy atom. The zero-order chi connectivity index (χ0) is 18.3. The normalized spacial score (nSPS) is 29.7. The van der Waals surface area contributed by atoms with E-state index in [0.29, 0.717) is 11.7 Å². The minimum absolute atomic E-state index is 0.0401. The number of piperazine rings is 1. The van der Waals surface area contributed by atoms with E-state index in [2.05, 4.69) is 31.7 Å². The molecule has 4 rings (SSSR count). The fourth-order valence-electron chi connectivity index (χ4n) is 4.94. The molecule has 3 aliphatic heterocycles. The van der Waals surface area contributed by atoms with E-state index in [-0.39, 0.29) is 23.7 Å². The van der Waals surface area contributed by atoms with Crippen LogP contribution in [-0.4, -0.2) is 70.5 Å². The van der Waals surface area contributed by atoms with Gasteiger partial charge in [-0.15, -0.1) is 0 Å².